The average molecular weight is 1320 g/mol. The van der Waals surface area contributed by atoms with E-state index in [0.717, 1.165) is 50.1 Å². The number of aliphatic hydroxyl groups is 2. The summed E-state index contributed by atoms with van der Waals surface area (Å²) in [5.74, 6) is 0. The molecule has 0 aliphatic carbocycles. The van der Waals surface area contributed by atoms with Crippen molar-refractivity contribution in [1.29, 1.82) is 0 Å². The summed E-state index contributed by atoms with van der Waals surface area (Å²) in [6.07, 6.45) is -17.8. The van der Waals surface area contributed by atoms with Crippen LogP contribution in [0.25, 0.3) is 0 Å². The van der Waals surface area contributed by atoms with Crippen molar-refractivity contribution >= 4 is 0 Å². The fraction of sp³-hybridized carbons (Fsp3) is 0.333. The van der Waals surface area contributed by atoms with Crippen molar-refractivity contribution in [2.45, 2.75) is 152 Å². The van der Waals surface area contributed by atoms with Crippen LogP contribution in [0, 0.1) is 0 Å². The van der Waals surface area contributed by atoms with E-state index >= 15 is 0 Å². The van der Waals surface area contributed by atoms with Crippen LogP contribution in [0.3, 0.4) is 0 Å². The van der Waals surface area contributed by atoms with Gasteiger partial charge in [0.1, 0.15) is 73.2 Å². The molecule has 0 bridgehead atoms. The maximum absolute atomic E-state index is 13.3. The van der Waals surface area contributed by atoms with Crippen LogP contribution in [0.4, 0.5) is 0 Å². The molecule has 0 amide bonds. The molecule has 3 saturated heterocycles. The summed E-state index contributed by atoms with van der Waals surface area (Å²) in [6, 6.07) is 88.3. The molecule has 97 heavy (non-hydrogen) atoms. The first-order chi connectivity index (χ1) is 47.9. The number of hydrogen-bond donors (Lipinski definition) is 2. The van der Waals surface area contributed by atoms with Gasteiger partial charge in [0.15, 0.2) is 18.9 Å². The minimum absolute atomic E-state index is 0.00254. The second-order valence-electron chi connectivity index (χ2n) is 24.4. The molecule has 9 aromatic rings. The lowest BCUT2D eigenvalue weighted by molar-refractivity contribution is -0.402. The Hall–Kier alpha value is -7.66. The van der Waals surface area contributed by atoms with Gasteiger partial charge in [-0.2, -0.15) is 0 Å². The largest absolute Gasteiger partial charge is 0.385 e. The van der Waals surface area contributed by atoms with Crippen molar-refractivity contribution in [3.05, 3.63) is 323 Å². The Morgan fingerprint density at radius 2 is 0.454 bits per heavy atom. The molecule has 2 N–H and O–H groups in total. The van der Waals surface area contributed by atoms with Crippen LogP contribution in [0.15, 0.2) is 273 Å². The van der Waals surface area contributed by atoms with E-state index in [-0.39, 0.29) is 79.3 Å². The number of aliphatic hydroxyl groups excluding tert-OH is 2. The highest BCUT2D eigenvalue weighted by Crippen LogP contribution is 2.39. The van der Waals surface area contributed by atoms with Crippen molar-refractivity contribution in [3.8, 4) is 0 Å². The Balaban J connectivity index is 0.950. The summed E-state index contributed by atoms with van der Waals surface area (Å²) in [5.41, 5.74) is 8.12. The Kier molecular flexibility index (Phi) is 26.3. The maximum atomic E-state index is 13.3. The van der Waals surface area contributed by atoms with Crippen molar-refractivity contribution in [2.75, 3.05) is 19.8 Å². The lowest BCUT2D eigenvalue weighted by atomic mass is 9.95. The smallest absolute Gasteiger partial charge is 0.187 e. The van der Waals surface area contributed by atoms with Gasteiger partial charge in [-0.15, -0.1) is 0 Å². The van der Waals surface area contributed by atoms with Crippen LogP contribution in [0.1, 0.15) is 50.1 Å². The molecule has 9 aromatic carbocycles. The molecule has 16 nitrogen and oxygen atoms in total. The first kappa shape index (κ1) is 69.2. The summed E-state index contributed by atoms with van der Waals surface area (Å²) in [5, 5.41) is 26.1. The third-order valence-electron chi connectivity index (χ3n) is 17.3. The quantitative estimate of drug-likeness (QED) is 0.0390. The summed E-state index contributed by atoms with van der Waals surface area (Å²) >= 11 is 0. The Bertz CT molecular complexity index is 3600. The highest BCUT2D eigenvalue weighted by Gasteiger charge is 2.57. The van der Waals surface area contributed by atoms with E-state index in [1.54, 1.807) is 0 Å². The van der Waals surface area contributed by atoms with Crippen LogP contribution >= 0.6 is 0 Å². The zero-order valence-corrected chi connectivity index (χ0v) is 54.2. The van der Waals surface area contributed by atoms with Gasteiger partial charge in [0, 0.05) is 0 Å². The number of benzene rings is 9. The zero-order chi connectivity index (χ0) is 66.1. The van der Waals surface area contributed by atoms with E-state index in [1.165, 1.54) is 0 Å². The van der Waals surface area contributed by atoms with Crippen LogP contribution in [0.2, 0.25) is 0 Å². The molecular formula is C81H86O16. The highest BCUT2D eigenvalue weighted by molar-refractivity contribution is 5.21. The fourth-order valence-electron chi connectivity index (χ4n) is 12.3. The topological polar surface area (TPSA) is 170 Å². The zero-order valence-electron chi connectivity index (χ0n) is 54.2. The standard InChI is InChI=1S/C81H86O16/c82-70-74(90-52-64-40-22-7-23-41-64)71(87-49-61-34-16-4-17-35-61)68(56-85-47-59-30-12-2-13-31-59)94-80(70)97-78-76(92-54-66-44-26-9-27-45-66)73(89-51-63-38-20-6-21-39-63)69(57-86-48-60-32-14-3-15-33-60)95-81(78)96-77-75(91-53-65-42-24-8-25-43-65)72(88-50-62-36-18-5-19-37-62)67(93-79(77)83)55-84-46-58-28-10-1-11-29-58/h1-45,67-83H,46-57H2/t67-,68-,69-,70-,71-,72-,73-,74-,75+,76+,77+,78+,79-,80+,81+/m1/s1. The Morgan fingerprint density at radius 3 is 0.763 bits per heavy atom. The average Bonchev–Trinajstić information content (AvgIpc) is 0.776. The maximum Gasteiger partial charge on any atom is 0.187 e. The first-order valence-corrected chi connectivity index (χ1v) is 33.4. The highest BCUT2D eigenvalue weighted by atomic mass is 16.8. The lowest BCUT2D eigenvalue weighted by Gasteiger charge is -2.51. The van der Waals surface area contributed by atoms with Gasteiger partial charge in [-0.1, -0.05) is 273 Å². The summed E-state index contributed by atoms with van der Waals surface area (Å²) in [6.45, 7) is 1.46. The van der Waals surface area contributed by atoms with Crippen molar-refractivity contribution < 1.29 is 76.5 Å². The summed E-state index contributed by atoms with van der Waals surface area (Å²) in [7, 11) is 0. The third kappa shape index (κ3) is 20.2. The monoisotopic (exact) mass is 1310 g/mol. The van der Waals surface area contributed by atoms with Crippen molar-refractivity contribution in [1.82, 2.24) is 0 Å². The van der Waals surface area contributed by atoms with Gasteiger partial charge < -0.3 is 76.5 Å². The molecule has 12 rings (SSSR count). The van der Waals surface area contributed by atoms with Gasteiger partial charge in [0.05, 0.1) is 79.3 Å². The molecule has 3 heterocycles. The van der Waals surface area contributed by atoms with E-state index in [4.69, 9.17) is 66.3 Å². The number of hydrogen-bond acceptors (Lipinski definition) is 16. The number of rotatable bonds is 34. The van der Waals surface area contributed by atoms with Crippen molar-refractivity contribution in [3.63, 3.8) is 0 Å². The van der Waals surface area contributed by atoms with Gasteiger partial charge in [-0.05, 0) is 50.1 Å². The van der Waals surface area contributed by atoms with Crippen LogP contribution in [-0.4, -0.2) is 122 Å². The second-order valence-corrected chi connectivity index (χ2v) is 24.4. The molecule has 506 valence electrons. The van der Waals surface area contributed by atoms with E-state index in [9.17, 15) is 10.2 Å². The third-order valence-corrected chi connectivity index (χ3v) is 17.3. The minimum atomic E-state index is -1.68. The summed E-state index contributed by atoms with van der Waals surface area (Å²) in [4.78, 5) is 0. The van der Waals surface area contributed by atoms with Gasteiger partial charge >= 0.3 is 0 Å². The SMILES string of the molecule is O[C@H]1[C@H](O[C@@H]2[C@H](O[C@H]3[C@@H](OCc4ccccc4)[C@H](OCc4ccccc4)[C@@H](COCc4ccccc4)O[C@H]3O)O[C@H](COCc3ccccc3)[C@@H](OCc3ccccc3)[C@@H]2OCc2ccccc2)O[C@H](COCc2ccccc2)[C@@H](OCc2ccccc2)[C@@H]1OCc1ccccc1. The Morgan fingerprint density at radius 1 is 0.227 bits per heavy atom. The predicted octanol–water partition coefficient (Wildman–Crippen LogP) is 12.4. The van der Waals surface area contributed by atoms with E-state index in [1.807, 2.05) is 273 Å². The van der Waals surface area contributed by atoms with Gasteiger partial charge in [0.2, 0.25) is 0 Å². The molecular weight excluding hydrogens is 1230 g/mol. The van der Waals surface area contributed by atoms with Crippen LogP contribution < -0.4 is 0 Å². The van der Waals surface area contributed by atoms with E-state index in [2.05, 4.69) is 0 Å². The number of ether oxygens (including phenoxy) is 14. The molecule has 0 saturated carbocycles. The molecule has 0 spiro atoms. The van der Waals surface area contributed by atoms with E-state index in [0.29, 0.717) is 0 Å². The molecule has 0 radical (unpaired) electrons. The molecule has 3 aliphatic rings. The normalized spacial score (nSPS) is 25.7. The molecule has 0 unspecified atom stereocenters. The van der Waals surface area contributed by atoms with Gasteiger partial charge in [-0.3, -0.25) is 0 Å². The lowest BCUT2D eigenvalue weighted by Crippen LogP contribution is -2.68. The van der Waals surface area contributed by atoms with Crippen LogP contribution in [0.5, 0.6) is 0 Å². The molecule has 16 heteroatoms. The predicted molar refractivity (Wildman–Crippen MR) is 362 cm³/mol. The van der Waals surface area contributed by atoms with E-state index < -0.39 is 92.1 Å². The van der Waals surface area contributed by atoms with Gasteiger partial charge in [-0.25, -0.2) is 0 Å². The Labute approximate surface area is 568 Å². The van der Waals surface area contributed by atoms with Gasteiger partial charge in [0.25, 0.3) is 0 Å². The minimum Gasteiger partial charge on any atom is -0.385 e. The molecule has 3 fully saturated rings. The summed E-state index contributed by atoms with van der Waals surface area (Å²) < 4.78 is 97.8. The molecule has 15 atom stereocenters. The molecule has 0 aromatic heterocycles. The fourth-order valence-corrected chi connectivity index (χ4v) is 12.3. The molecule has 3 aliphatic heterocycles. The first-order valence-electron chi connectivity index (χ1n) is 33.4. The second kappa shape index (κ2) is 36.8. The van der Waals surface area contributed by atoms with Crippen LogP contribution in [-0.2, 0) is 126 Å². The van der Waals surface area contributed by atoms with Crippen molar-refractivity contribution in [2.24, 2.45) is 0 Å².